The van der Waals surface area contributed by atoms with E-state index in [0.717, 1.165) is 31.2 Å². The Morgan fingerprint density at radius 3 is 2.15 bits per heavy atom. The van der Waals surface area contributed by atoms with Gasteiger partial charge in [0.15, 0.2) is 11.5 Å². The molecule has 0 aliphatic rings. The average molecular weight is 469 g/mol. The number of hydrogen-bond donors (Lipinski definition) is 0. The highest BCUT2D eigenvalue weighted by Crippen LogP contribution is 2.28. The second kappa shape index (κ2) is 14.4. The Balaban J connectivity index is 1.67. The molecule has 0 N–H and O–H groups in total. The molecule has 0 bridgehead atoms. The Morgan fingerprint density at radius 2 is 1.50 bits per heavy atom. The molecule has 0 amide bonds. The minimum Gasteiger partial charge on any atom is -0.494 e. The monoisotopic (exact) mass is 468 g/mol. The van der Waals surface area contributed by atoms with Crippen molar-refractivity contribution in [2.45, 2.75) is 32.6 Å². The van der Waals surface area contributed by atoms with Crippen LogP contribution in [-0.4, -0.2) is 39.4 Å². The van der Waals surface area contributed by atoms with Crippen LogP contribution in [-0.2, 0) is 14.3 Å². The first-order chi connectivity index (χ1) is 16.4. The van der Waals surface area contributed by atoms with Gasteiger partial charge in [-0.3, -0.25) is 0 Å². The Kier molecular flexibility index (Phi) is 11.2. The summed E-state index contributed by atoms with van der Waals surface area (Å²) in [5, 5.41) is 0. The number of carbonyl (C=O) groups excluding carboxylic acids is 2. The maximum Gasteiger partial charge on any atom is 0.336 e. The highest BCUT2D eigenvalue weighted by Gasteiger charge is 2.05. The van der Waals surface area contributed by atoms with Crippen molar-refractivity contribution in [2.75, 3.05) is 27.4 Å². The van der Waals surface area contributed by atoms with Crippen LogP contribution in [0.3, 0.4) is 0 Å². The Labute approximate surface area is 200 Å². The lowest BCUT2D eigenvalue weighted by molar-refractivity contribution is -0.139. The molecule has 2 rings (SSSR count). The molecular formula is C27H32O7. The summed E-state index contributed by atoms with van der Waals surface area (Å²) in [7, 11) is 3.12. The van der Waals surface area contributed by atoms with Gasteiger partial charge in [0.2, 0.25) is 0 Å². The summed E-state index contributed by atoms with van der Waals surface area (Å²) in [6.45, 7) is 6.18. The van der Waals surface area contributed by atoms with Crippen molar-refractivity contribution in [1.29, 1.82) is 0 Å². The molecule has 182 valence electrons. The fourth-order valence-electron chi connectivity index (χ4n) is 2.91. The zero-order chi connectivity index (χ0) is 24.8. The summed E-state index contributed by atoms with van der Waals surface area (Å²) in [6, 6.07) is 12.3. The van der Waals surface area contributed by atoms with Crippen LogP contribution in [0.4, 0.5) is 0 Å². The van der Waals surface area contributed by atoms with Crippen molar-refractivity contribution in [3.8, 4) is 23.0 Å². The van der Waals surface area contributed by atoms with E-state index < -0.39 is 5.97 Å². The SMILES string of the molecule is C=C(C)C(=O)OCCCCCCOc1ccc(OC(=O)C=Cc2ccc(OC)c(OC)c2)cc1. The lowest BCUT2D eigenvalue weighted by Gasteiger charge is -2.08. The van der Waals surface area contributed by atoms with E-state index in [1.54, 1.807) is 63.6 Å². The average Bonchev–Trinajstić information content (AvgIpc) is 2.84. The van der Waals surface area contributed by atoms with Gasteiger partial charge in [0.05, 0.1) is 27.4 Å². The van der Waals surface area contributed by atoms with Crippen molar-refractivity contribution in [2.24, 2.45) is 0 Å². The van der Waals surface area contributed by atoms with E-state index in [-0.39, 0.29) is 5.97 Å². The summed E-state index contributed by atoms with van der Waals surface area (Å²) < 4.78 is 26.6. The number of benzene rings is 2. The van der Waals surface area contributed by atoms with Gasteiger partial charge >= 0.3 is 11.9 Å². The molecule has 0 fully saturated rings. The second-order valence-electron chi connectivity index (χ2n) is 7.52. The van der Waals surface area contributed by atoms with Crippen LogP contribution < -0.4 is 18.9 Å². The third-order valence-electron chi connectivity index (χ3n) is 4.75. The molecule has 2 aromatic rings. The first-order valence-corrected chi connectivity index (χ1v) is 11.1. The van der Waals surface area contributed by atoms with E-state index in [0.29, 0.717) is 41.8 Å². The highest BCUT2D eigenvalue weighted by atomic mass is 16.5. The predicted molar refractivity (Wildman–Crippen MR) is 130 cm³/mol. The maximum absolute atomic E-state index is 12.1. The van der Waals surface area contributed by atoms with Crippen LogP contribution >= 0.6 is 0 Å². The fourth-order valence-corrected chi connectivity index (χ4v) is 2.91. The zero-order valence-electron chi connectivity index (χ0n) is 20.0. The summed E-state index contributed by atoms with van der Waals surface area (Å²) in [4.78, 5) is 23.4. The Hall–Kier alpha value is -3.74. The molecule has 0 unspecified atom stereocenters. The van der Waals surface area contributed by atoms with Gasteiger partial charge in [0.1, 0.15) is 11.5 Å². The fraction of sp³-hybridized carbons (Fsp3) is 0.333. The number of ether oxygens (including phenoxy) is 5. The minimum atomic E-state index is -0.489. The third-order valence-corrected chi connectivity index (χ3v) is 4.75. The molecule has 0 saturated heterocycles. The molecule has 0 atom stereocenters. The van der Waals surface area contributed by atoms with Gasteiger partial charge in [-0.2, -0.15) is 0 Å². The lowest BCUT2D eigenvalue weighted by atomic mass is 10.2. The van der Waals surface area contributed by atoms with E-state index in [4.69, 9.17) is 23.7 Å². The number of esters is 2. The summed E-state index contributed by atoms with van der Waals surface area (Å²) in [6.07, 6.45) is 6.65. The van der Waals surface area contributed by atoms with E-state index >= 15 is 0 Å². The van der Waals surface area contributed by atoms with Gasteiger partial charge in [0.25, 0.3) is 0 Å². The smallest absolute Gasteiger partial charge is 0.336 e. The molecule has 2 aromatic carbocycles. The highest BCUT2D eigenvalue weighted by molar-refractivity contribution is 5.89. The lowest BCUT2D eigenvalue weighted by Crippen LogP contribution is -2.06. The molecule has 0 heterocycles. The van der Waals surface area contributed by atoms with Crippen molar-refractivity contribution in [3.05, 3.63) is 66.3 Å². The normalized spacial score (nSPS) is 10.6. The van der Waals surface area contributed by atoms with Gasteiger partial charge in [-0.15, -0.1) is 0 Å². The van der Waals surface area contributed by atoms with Crippen LogP contribution in [0.1, 0.15) is 38.2 Å². The van der Waals surface area contributed by atoms with Crippen LogP contribution in [0, 0.1) is 0 Å². The van der Waals surface area contributed by atoms with Crippen molar-refractivity contribution >= 4 is 18.0 Å². The van der Waals surface area contributed by atoms with Gasteiger partial charge in [-0.1, -0.05) is 12.6 Å². The summed E-state index contributed by atoms with van der Waals surface area (Å²) in [5.74, 6) is 1.50. The predicted octanol–water partition coefficient (Wildman–Crippen LogP) is 5.38. The van der Waals surface area contributed by atoms with Crippen molar-refractivity contribution < 1.29 is 33.3 Å². The topological polar surface area (TPSA) is 80.3 Å². The molecule has 0 aliphatic carbocycles. The van der Waals surface area contributed by atoms with Crippen molar-refractivity contribution in [3.63, 3.8) is 0 Å². The first-order valence-electron chi connectivity index (χ1n) is 11.1. The molecule has 0 saturated carbocycles. The van der Waals surface area contributed by atoms with E-state index in [9.17, 15) is 9.59 Å². The summed E-state index contributed by atoms with van der Waals surface area (Å²) >= 11 is 0. The zero-order valence-corrected chi connectivity index (χ0v) is 20.0. The maximum atomic E-state index is 12.1. The van der Waals surface area contributed by atoms with Crippen LogP contribution in [0.5, 0.6) is 23.0 Å². The minimum absolute atomic E-state index is 0.341. The Morgan fingerprint density at radius 1 is 0.853 bits per heavy atom. The molecule has 0 spiro atoms. The van der Waals surface area contributed by atoms with Gasteiger partial charge in [-0.25, -0.2) is 9.59 Å². The van der Waals surface area contributed by atoms with Crippen LogP contribution in [0.15, 0.2) is 60.7 Å². The second-order valence-corrected chi connectivity index (χ2v) is 7.52. The van der Waals surface area contributed by atoms with E-state index in [2.05, 4.69) is 6.58 Å². The quantitative estimate of drug-likeness (QED) is 0.159. The van der Waals surface area contributed by atoms with E-state index in [1.165, 1.54) is 6.08 Å². The van der Waals surface area contributed by atoms with Gasteiger partial charge in [0, 0.05) is 11.6 Å². The first kappa shape index (κ1) is 26.5. The van der Waals surface area contributed by atoms with Gasteiger partial charge < -0.3 is 23.7 Å². The number of methoxy groups -OCH3 is 2. The standard InChI is InChI=1S/C27H32O7/c1-20(2)27(29)33-18-8-6-5-7-17-32-22-11-13-23(14-12-22)34-26(28)16-10-21-9-15-24(30-3)25(19-21)31-4/h9-16,19H,1,5-8,17-18H2,2-4H3. The number of hydrogen-bond acceptors (Lipinski definition) is 7. The van der Waals surface area contributed by atoms with Crippen LogP contribution in [0.2, 0.25) is 0 Å². The molecule has 0 aliphatic heterocycles. The third kappa shape index (κ3) is 9.40. The van der Waals surface area contributed by atoms with Gasteiger partial charge in [-0.05, 0) is 80.6 Å². The molecule has 0 aromatic heterocycles. The van der Waals surface area contributed by atoms with Crippen molar-refractivity contribution in [1.82, 2.24) is 0 Å². The Bertz CT molecular complexity index is 977. The molecule has 0 radical (unpaired) electrons. The largest absolute Gasteiger partial charge is 0.494 e. The number of unbranched alkanes of at least 4 members (excludes halogenated alkanes) is 3. The number of carbonyl (C=O) groups is 2. The van der Waals surface area contributed by atoms with Crippen LogP contribution in [0.25, 0.3) is 6.08 Å². The molecule has 34 heavy (non-hydrogen) atoms. The molecular weight excluding hydrogens is 436 g/mol. The molecule has 7 heteroatoms. The van der Waals surface area contributed by atoms with E-state index in [1.807, 2.05) is 6.07 Å². The summed E-state index contributed by atoms with van der Waals surface area (Å²) in [5.41, 5.74) is 1.20. The molecule has 7 nitrogen and oxygen atoms in total. The number of rotatable bonds is 14.